The fraction of sp³-hybridized carbons (Fsp3) is 0.429. The number of pyridine rings is 1. The summed E-state index contributed by atoms with van der Waals surface area (Å²) >= 11 is 0. The summed E-state index contributed by atoms with van der Waals surface area (Å²) in [6.45, 7) is 0. The van der Waals surface area contributed by atoms with E-state index < -0.39 is 0 Å². The molecule has 2 aromatic rings. The fourth-order valence-corrected chi connectivity index (χ4v) is 4.63. The molecule has 4 heteroatoms. The van der Waals surface area contributed by atoms with Gasteiger partial charge in [0.15, 0.2) is 0 Å². The van der Waals surface area contributed by atoms with E-state index >= 15 is 0 Å². The zero-order valence-corrected chi connectivity index (χ0v) is 14.5. The number of nitrogens with zero attached hydrogens (tertiary/aromatic N) is 2. The van der Waals surface area contributed by atoms with E-state index in [1.54, 1.807) is 0 Å². The summed E-state index contributed by atoms with van der Waals surface area (Å²) in [6.07, 6.45) is 10.3. The molecule has 1 unspecified atom stereocenters. The maximum Gasteiger partial charge on any atom is 0.129 e. The molecule has 0 bridgehead atoms. The van der Waals surface area contributed by atoms with Crippen molar-refractivity contribution < 1.29 is 0 Å². The SMILES string of the molecule is c1cnc2c(c1)CCC2NC1=Nc2ccccc2NC12CCCCC2. The molecule has 0 radical (unpaired) electrons. The van der Waals surface area contributed by atoms with Crippen LogP contribution in [0.4, 0.5) is 11.4 Å². The number of hydrogen-bond acceptors (Lipinski definition) is 4. The Kier molecular flexibility index (Phi) is 3.51. The Hall–Kier alpha value is -2.36. The minimum atomic E-state index is -0.0376. The number of hydrogen-bond donors (Lipinski definition) is 2. The predicted molar refractivity (Wildman–Crippen MR) is 101 cm³/mol. The molecule has 0 amide bonds. The van der Waals surface area contributed by atoms with E-state index in [0.29, 0.717) is 0 Å². The minimum Gasteiger partial charge on any atom is -0.371 e. The van der Waals surface area contributed by atoms with Gasteiger partial charge in [-0.1, -0.05) is 37.5 Å². The van der Waals surface area contributed by atoms with Crippen molar-refractivity contribution in [2.45, 2.75) is 56.5 Å². The molecular formula is C21H24N4. The van der Waals surface area contributed by atoms with Crippen LogP contribution in [-0.2, 0) is 6.42 Å². The number of aryl methyl sites for hydroxylation is 1. The van der Waals surface area contributed by atoms with Crippen LogP contribution in [0.3, 0.4) is 0 Å². The number of nitrogens with one attached hydrogen (secondary N) is 2. The number of fused-ring (bicyclic) bond motifs is 2. The lowest BCUT2D eigenvalue weighted by Crippen LogP contribution is -2.55. The van der Waals surface area contributed by atoms with Crippen molar-refractivity contribution in [1.29, 1.82) is 0 Å². The molecule has 1 saturated carbocycles. The lowest BCUT2D eigenvalue weighted by molar-refractivity contribution is 0.391. The van der Waals surface area contributed by atoms with Crippen molar-refractivity contribution in [2.24, 2.45) is 4.99 Å². The van der Waals surface area contributed by atoms with E-state index in [2.05, 4.69) is 45.9 Å². The quantitative estimate of drug-likeness (QED) is 0.807. The predicted octanol–water partition coefficient (Wildman–Crippen LogP) is 4.52. The molecule has 2 heterocycles. The summed E-state index contributed by atoms with van der Waals surface area (Å²) < 4.78 is 0. The first-order valence-electron chi connectivity index (χ1n) is 9.51. The smallest absolute Gasteiger partial charge is 0.129 e. The van der Waals surface area contributed by atoms with Crippen molar-refractivity contribution in [2.75, 3.05) is 5.32 Å². The highest BCUT2D eigenvalue weighted by Crippen LogP contribution is 2.41. The Balaban J connectivity index is 1.52. The van der Waals surface area contributed by atoms with E-state index in [9.17, 15) is 0 Å². The zero-order valence-electron chi connectivity index (χ0n) is 14.5. The highest BCUT2D eigenvalue weighted by Gasteiger charge is 2.41. The number of anilines is 1. The number of aliphatic imine (C=N–C) groups is 1. The molecule has 5 rings (SSSR count). The summed E-state index contributed by atoms with van der Waals surface area (Å²) in [5, 5.41) is 7.65. The second-order valence-corrected chi connectivity index (χ2v) is 7.53. The van der Waals surface area contributed by atoms with Gasteiger partial charge in [-0.05, 0) is 49.4 Å². The molecule has 2 aliphatic carbocycles. The van der Waals surface area contributed by atoms with Gasteiger partial charge in [0.1, 0.15) is 5.84 Å². The van der Waals surface area contributed by atoms with Crippen molar-refractivity contribution >= 4 is 17.2 Å². The molecule has 25 heavy (non-hydrogen) atoms. The van der Waals surface area contributed by atoms with Crippen LogP contribution >= 0.6 is 0 Å². The second kappa shape index (κ2) is 5.87. The number of para-hydroxylation sites is 2. The molecule has 1 fully saturated rings. The normalized spacial score (nSPS) is 23.4. The summed E-state index contributed by atoms with van der Waals surface area (Å²) in [7, 11) is 0. The van der Waals surface area contributed by atoms with Crippen molar-refractivity contribution in [1.82, 2.24) is 10.3 Å². The third-order valence-electron chi connectivity index (χ3n) is 5.94. The number of benzene rings is 1. The van der Waals surface area contributed by atoms with Crippen LogP contribution in [0.25, 0.3) is 0 Å². The second-order valence-electron chi connectivity index (χ2n) is 7.53. The van der Waals surface area contributed by atoms with Crippen molar-refractivity contribution in [3.05, 3.63) is 53.9 Å². The molecule has 1 spiro atoms. The molecule has 3 aliphatic rings. The van der Waals surface area contributed by atoms with Crippen LogP contribution in [0.2, 0.25) is 0 Å². The molecule has 1 aromatic carbocycles. The van der Waals surface area contributed by atoms with E-state index in [1.165, 1.54) is 36.2 Å². The van der Waals surface area contributed by atoms with Gasteiger partial charge in [0.2, 0.25) is 0 Å². The average Bonchev–Trinajstić information content (AvgIpc) is 3.06. The Labute approximate surface area is 148 Å². The first kappa shape index (κ1) is 14.9. The molecule has 128 valence electrons. The van der Waals surface area contributed by atoms with Gasteiger partial charge in [-0.2, -0.15) is 0 Å². The number of rotatable bonds is 1. The number of amidine groups is 1. The fourth-order valence-electron chi connectivity index (χ4n) is 4.63. The Morgan fingerprint density at radius 3 is 2.84 bits per heavy atom. The molecule has 0 saturated heterocycles. The Morgan fingerprint density at radius 1 is 1.04 bits per heavy atom. The third-order valence-corrected chi connectivity index (χ3v) is 5.94. The van der Waals surface area contributed by atoms with Gasteiger partial charge in [-0.15, -0.1) is 0 Å². The van der Waals surface area contributed by atoms with Crippen LogP contribution in [0.1, 0.15) is 55.8 Å². The largest absolute Gasteiger partial charge is 0.371 e. The summed E-state index contributed by atoms with van der Waals surface area (Å²) in [5.41, 5.74) is 4.75. The van der Waals surface area contributed by atoms with E-state index in [4.69, 9.17) is 4.99 Å². The summed E-state index contributed by atoms with van der Waals surface area (Å²) in [4.78, 5) is 9.72. The molecule has 4 nitrogen and oxygen atoms in total. The topological polar surface area (TPSA) is 49.3 Å². The monoisotopic (exact) mass is 332 g/mol. The Morgan fingerprint density at radius 2 is 1.92 bits per heavy atom. The Bertz CT molecular complexity index is 820. The lowest BCUT2D eigenvalue weighted by Gasteiger charge is -2.43. The van der Waals surface area contributed by atoms with Crippen LogP contribution < -0.4 is 10.6 Å². The van der Waals surface area contributed by atoms with Gasteiger partial charge < -0.3 is 10.6 Å². The van der Waals surface area contributed by atoms with E-state index in [-0.39, 0.29) is 11.6 Å². The van der Waals surface area contributed by atoms with Gasteiger partial charge in [-0.25, -0.2) is 4.99 Å². The van der Waals surface area contributed by atoms with E-state index in [1.807, 2.05) is 12.3 Å². The van der Waals surface area contributed by atoms with Crippen molar-refractivity contribution in [3.8, 4) is 0 Å². The summed E-state index contributed by atoms with van der Waals surface area (Å²) in [5.74, 6) is 1.12. The maximum atomic E-state index is 5.07. The zero-order chi connectivity index (χ0) is 16.7. The highest BCUT2D eigenvalue weighted by atomic mass is 15.2. The lowest BCUT2D eigenvalue weighted by atomic mass is 9.79. The standard InChI is InChI=1S/C21H24N4/c1-4-12-21(13-5-1)20(23-16-8-2-3-9-17(16)25-21)24-18-11-10-15-7-6-14-22-19(15)18/h2-3,6-9,14,18,25H,1,4-5,10-13H2,(H,23,24). The van der Waals surface area contributed by atoms with Gasteiger partial charge >= 0.3 is 0 Å². The van der Waals surface area contributed by atoms with Gasteiger partial charge in [0, 0.05) is 6.20 Å². The molecule has 1 atom stereocenters. The molecule has 1 aromatic heterocycles. The summed E-state index contributed by atoms with van der Waals surface area (Å²) in [6, 6.07) is 12.9. The average molecular weight is 332 g/mol. The highest BCUT2D eigenvalue weighted by molar-refractivity contribution is 6.00. The van der Waals surface area contributed by atoms with Crippen molar-refractivity contribution in [3.63, 3.8) is 0 Å². The van der Waals surface area contributed by atoms with Crippen LogP contribution in [0.15, 0.2) is 47.6 Å². The van der Waals surface area contributed by atoms with Crippen LogP contribution in [0, 0.1) is 0 Å². The van der Waals surface area contributed by atoms with Crippen LogP contribution in [-0.4, -0.2) is 16.4 Å². The van der Waals surface area contributed by atoms with Gasteiger partial charge in [-0.3, -0.25) is 4.98 Å². The number of aromatic nitrogens is 1. The molecule has 2 N–H and O–H groups in total. The van der Waals surface area contributed by atoms with E-state index in [0.717, 1.165) is 37.2 Å². The first-order chi connectivity index (χ1) is 12.3. The van der Waals surface area contributed by atoms with Gasteiger partial charge in [0.05, 0.1) is 28.6 Å². The maximum absolute atomic E-state index is 5.07. The van der Waals surface area contributed by atoms with Gasteiger partial charge in [0.25, 0.3) is 0 Å². The third kappa shape index (κ3) is 2.51. The minimum absolute atomic E-state index is 0.0376. The first-order valence-corrected chi connectivity index (χ1v) is 9.51. The van der Waals surface area contributed by atoms with Crippen LogP contribution in [0.5, 0.6) is 0 Å². The molecule has 1 aliphatic heterocycles. The molecular weight excluding hydrogens is 308 g/mol.